The molecule has 5 unspecified atom stereocenters. The van der Waals surface area contributed by atoms with Crippen molar-refractivity contribution in [2.24, 2.45) is 35.5 Å². The molecule has 0 amide bonds. The van der Waals surface area contributed by atoms with Gasteiger partial charge in [0.15, 0.2) is 0 Å². The van der Waals surface area contributed by atoms with Crippen LogP contribution in [0.2, 0.25) is 0 Å². The minimum Gasteiger partial charge on any atom is -0.0651 e. The second-order valence-electron chi connectivity index (χ2n) is 7.07. The minimum atomic E-state index is 0.834. The molecule has 1 fully saturated rings. The average Bonchev–Trinajstić information content (AvgIpc) is 2.48. The maximum Gasteiger partial charge on any atom is -0.0355 e. The van der Waals surface area contributed by atoms with Crippen LogP contribution in [0.4, 0.5) is 0 Å². The smallest absolute Gasteiger partial charge is 0.0355 e. The van der Waals surface area contributed by atoms with Crippen molar-refractivity contribution in [3.05, 3.63) is 0 Å². The van der Waals surface area contributed by atoms with Gasteiger partial charge < -0.3 is 0 Å². The van der Waals surface area contributed by atoms with Gasteiger partial charge in [-0.1, -0.05) is 67.2 Å². The lowest BCUT2D eigenvalue weighted by Gasteiger charge is -2.36. The van der Waals surface area contributed by atoms with Gasteiger partial charge in [0.2, 0.25) is 0 Å². The molecule has 0 bridgehead atoms. The van der Waals surface area contributed by atoms with Crippen molar-refractivity contribution < 1.29 is 0 Å². The summed E-state index contributed by atoms with van der Waals surface area (Å²) < 4.78 is 0. The number of hydrogen-bond acceptors (Lipinski definition) is 0. The van der Waals surface area contributed by atoms with Crippen LogP contribution in [0.15, 0.2) is 0 Å². The fraction of sp³-hybridized carbons (Fsp3) is 1.00. The standard InChI is InChI=1S/C17H34/c1-7-16-10-8-9-13(4)11-17(16)15(6)14(5)12(2)3/h12-17H,7-11H2,1-6H3. The molecule has 1 rings (SSSR count). The van der Waals surface area contributed by atoms with Crippen LogP contribution >= 0.6 is 0 Å². The zero-order valence-electron chi connectivity index (χ0n) is 13.0. The number of rotatable bonds is 4. The summed E-state index contributed by atoms with van der Waals surface area (Å²) >= 11 is 0. The number of hydrogen-bond donors (Lipinski definition) is 0. The summed E-state index contributed by atoms with van der Waals surface area (Å²) in [6.07, 6.45) is 7.30. The molecule has 0 heteroatoms. The van der Waals surface area contributed by atoms with Crippen LogP contribution in [0.5, 0.6) is 0 Å². The van der Waals surface area contributed by atoms with E-state index in [0.29, 0.717) is 0 Å². The molecule has 5 atom stereocenters. The first kappa shape index (κ1) is 15.1. The highest BCUT2D eigenvalue weighted by Gasteiger charge is 2.32. The Morgan fingerprint density at radius 1 is 1.06 bits per heavy atom. The normalized spacial score (nSPS) is 34.4. The molecule has 0 heterocycles. The third-order valence-corrected chi connectivity index (χ3v) is 5.63. The molecule has 102 valence electrons. The van der Waals surface area contributed by atoms with Crippen molar-refractivity contribution in [1.82, 2.24) is 0 Å². The van der Waals surface area contributed by atoms with Crippen molar-refractivity contribution in [2.75, 3.05) is 0 Å². The Bertz CT molecular complexity index is 206. The summed E-state index contributed by atoms with van der Waals surface area (Å²) in [5.74, 6) is 5.55. The quantitative estimate of drug-likeness (QED) is 0.546. The van der Waals surface area contributed by atoms with Gasteiger partial charge in [-0.2, -0.15) is 0 Å². The van der Waals surface area contributed by atoms with Crippen LogP contribution in [-0.2, 0) is 0 Å². The lowest BCUT2D eigenvalue weighted by atomic mass is 9.69. The third kappa shape index (κ3) is 4.00. The van der Waals surface area contributed by atoms with E-state index in [1.807, 2.05) is 0 Å². The second-order valence-corrected chi connectivity index (χ2v) is 7.07. The molecule has 0 aliphatic heterocycles. The maximum absolute atomic E-state index is 2.52. The summed E-state index contributed by atoms with van der Waals surface area (Å²) in [6, 6.07) is 0. The molecule has 1 saturated carbocycles. The van der Waals surface area contributed by atoms with Crippen LogP contribution < -0.4 is 0 Å². The van der Waals surface area contributed by atoms with Crippen LogP contribution in [0, 0.1) is 35.5 Å². The third-order valence-electron chi connectivity index (χ3n) is 5.63. The van der Waals surface area contributed by atoms with E-state index in [1.165, 1.54) is 32.1 Å². The summed E-state index contributed by atoms with van der Waals surface area (Å²) in [5.41, 5.74) is 0. The molecule has 0 aromatic rings. The van der Waals surface area contributed by atoms with E-state index >= 15 is 0 Å². The molecule has 0 aromatic carbocycles. The predicted octanol–water partition coefficient (Wildman–Crippen LogP) is 5.77. The summed E-state index contributed by atoms with van der Waals surface area (Å²) in [4.78, 5) is 0. The molecular weight excluding hydrogens is 204 g/mol. The Kier molecular flexibility index (Phi) is 6.03. The van der Waals surface area contributed by atoms with Gasteiger partial charge in [0, 0.05) is 0 Å². The maximum atomic E-state index is 2.52. The molecule has 1 aliphatic rings. The van der Waals surface area contributed by atoms with Crippen molar-refractivity contribution in [3.63, 3.8) is 0 Å². The van der Waals surface area contributed by atoms with Crippen LogP contribution in [0.25, 0.3) is 0 Å². The van der Waals surface area contributed by atoms with Gasteiger partial charge in [-0.3, -0.25) is 0 Å². The zero-order valence-corrected chi connectivity index (χ0v) is 13.0. The molecule has 0 nitrogen and oxygen atoms in total. The van der Waals surface area contributed by atoms with E-state index in [0.717, 1.165) is 35.5 Å². The van der Waals surface area contributed by atoms with Gasteiger partial charge in [0.1, 0.15) is 0 Å². The van der Waals surface area contributed by atoms with Crippen molar-refractivity contribution in [1.29, 1.82) is 0 Å². The molecule has 0 radical (unpaired) electrons. The topological polar surface area (TPSA) is 0 Å². The van der Waals surface area contributed by atoms with Gasteiger partial charge in [0.25, 0.3) is 0 Å². The summed E-state index contributed by atoms with van der Waals surface area (Å²) in [6.45, 7) is 14.6. The van der Waals surface area contributed by atoms with E-state index in [1.54, 1.807) is 0 Å². The first-order valence-electron chi connectivity index (χ1n) is 7.97. The molecule has 1 aliphatic carbocycles. The Hall–Kier alpha value is 0. The van der Waals surface area contributed by atoms with E-state index in [9.17, 15) is 0 Å². The molecule has 0 N–H and O–H groups in total. The summed E-state index contributed by atoms with van der Waals surface area (Å²) in [5, 5.41) is 0. The highest BCUT2D eigenvalue weighted by atomic mass is 14.4. The van der Waals surface area contributed by atoms with Crippen molar-refractivity contribution in [3.8, 4) is 0 Å². The highest BCUT2D eigenvalue weighted by molar-refractivity contribution is 4.82. The Morgan fingerprint density at radius 3 is 2.24 bits per heavy atom. The fourth-order valence-electron chi connectivity index (χ4n) is 3.87. The fourth-order valence-corrected chi connectivity index (χ4v) is 3.87. The van der Waals surface area contributed by atoms with E-state index in [4.69, 9.17) is 0 Å². The molecule has 0 saturated heterocycles. The zero-order chi connectivity index (χ0) is 13.0. The van der Waals surface area contributed by atoms with Gasteiger partial charge in [-0.25, -0.2) is 0 Å². The van der Waals surface area contributed by atoms with E-state index in [2.05, 4.69) is 41.5 Å². The first-order chi connectivity index (χ1) is 7.97. The Labute approximate surface area is 110 Å². The second kappa shape index (κ2) is 6.81. The predicted molar refractivity (Wildman–Crippen MR) is 78.1 cm³/mol. The lowest BCUT2D eigenvalue weighted by molar-refractivity contribution is 0.133. The monoisotopic (exact) mass is 238 g/mol. The highest BCUT2D eigenvalue weighted by Crippen LogP contribution is 2.41. The SMILES string of the molecule is CCC1CCCC(C)CC1C(C)C(C)C(C)C. The van der Waals surface area contributed by atoms with Gasteiger partial charge >= 0.3 is 0 Å². The minimum absolute atomic E-state index is 0.834. The van der Waals surface area contributed by atoms with Crippen LogP contribution in [0.3, 0.4) is 0 Å². The molecule has 0 aromatic heterocycles. The molecular formula is C17H34. The Morgan fingerprint density at radius 2 is 1.71 bits per heavy atom. The molecule has 0 spiro atoms. The van der Waals surface area contributed by atoms with Crippen LogP contribution in [0.1, 0.15) is 73.6 Å². The van der Waals surface area contributed by atoms with Gasteiger partial charge in [0.05, 0.1) is 0 Å². The first-order valence-corrected chi connectivity index (χ1v) is 7.97. The van der Waals surface area contributed by atoms with Crippen molar-refractivity contribution in [2.45, 2.75) is 73.6 Å². The Balaban J connectivity index is 2.74. The largest absolute Gasteiger partial charge is 0.0651 e. The summed E-state index contributed by atoms with van der Waals surface area (Å²) in [7, 11) is 0. The van der Waals surface area contributed by atoms with Crippen molar-refractivity contribution >= 4 is 0 Å². The van der Waals surface area contributed by atoms with Gasteiger partial charge in [-0.15, -0.1) is 0 Å². The van der Waals surface area contributed by atoms with E-state index in [-0.39, 0.29) is 0 Å². The molecule has 17 heavy (non-hydrogen) atoms. The lowest BCUT2D eigenvalue weighted by Crippen LogP contribution is -2.28. The van der Waals surface area contributed by atoms with Gasteiger partial charge in [-0.05, 0) is 41.9 Å². The average molecular weight is 238 g/mol. The van der Waals surface area contributed by atoms with Crippen LogP contribution in [-0.4, -0.2) is 0 Å². The van der Waals surface area contributed by atoms with E-state index < -0.39 is 0 Å².